The van der Waals surface area contributed by atoms with Crippen LogP contribution in [0.25, 0.3) is 0 Å². The third kappa shape index (κ3) is 3.85. The van der Waals surface area contributed by atoms with Crippen molar-refractivity contribution in [1.29, 1.82) is 0 Å². The van der Waals surface area contributed by atoms with E-state index in [2.05, 4.69) is 12.2 Å². The zero-order chi connectivity index (χ0) is 14.0. The third-order valence-electron chi connectivity index (χ3n) is 3.41. The highest BCUT2D eigenvalue weighted by atomic mass is 35.5. The van der Waals surface area contributed by atoms with Gasteiger partial charge in [-0.05, 0) is 31.4 Å². The van der Waals surface area contributed by atoms with Crippen LogP contribution in [0.1, 0.15) is 31.4 Å². The number of hydrogen-bond acceptors (Lipinski definition) is 2. The molecule has 1 atom stereocenters. The third-order valence-corrected chi connectivity index (χ3v) is 6.10. The van der Waals surface area contributed by atoms with Gasteiger partial charge >= 0.3 is 0 Å². The number of nitrogens with one attached hydrogen (secondary N) is 1. The Kier molecular flexibility index (Phi) is 5.55. The van der Waals surface area contributed by atoms with E-state index in [1.54, 1.807) is 6.07 Å². The first-order chi connectivity index (χ1) is 8.99. The summed E-state index contributed by atoms with van der Waals surface area (Å²) < 4.78 is 11.3. The van der Waals surface area contributed by atoms with Crippen molar-refractivity contribution >= 4 is 45.6 Å². The summed E-state index contributed by atoms with van der Waals surface area (Å²) in [6, 6.07) is 4.14. The lowest BCUT2D eigenvalue weighted by molar-refractivity contribution is 0.427. The highest BCUT2D eigenvalue weighted by Crippen LogP contribution is 2.35. The molecule has 1 saturated heterocycles. The zero-order valence-electron chi connectivity index (χ0n) is 10.6. The number of benzene rings is 1. The minimum Gasteiger partial charge on any atom is -0.307 e. The minimum atomic E-state index is -0.636. The molecule has 0 aromatic heterocycles. The van der Waals surface area contributed by atoms with E-state index in [0.717, 1.165) is 29.9 Å². The van der Waals surface area contributed by atoms with E-state index in [1.807, 2.05) is 6.07 Å². The highest BCUT2D eigenvalue weighted by molar-refractivity contribution is 7.85. The van der Waals surface area contributed by atoms with E-state index in [-0.39, 0.29) is 6.04 Å². The first-order valence-electron chi connectivity index (χ1n) is 6.23. The number of rotatable bonds is 3. The predicted molar refractivity (Wildman–Crippen MR) is 83.9 cm³/mol. The smallest absolute Gasteiger partial charge is 0.0781 e. The van der Waals surface area contributed by atoms with Gasteiger partial charge in [0.25, 0.3) is 0 Å². The fourth-order valence-corrected chi connectivity index (χ4v) is 4.28. The van der Waals surface area contributed by atoms with Gasteiger partial charge in [0, 0.05) is 34.4 Å². The molecule has 0 amide bonds. The summed E-state index contributed by atoms with van der Waals surface area (Å²) in [7, 11) is -0.636. The van der Waals surface area contributed by atoms with E-state index in [4.69, 9.17) is 34.8 Å². The van der Waals surface area contributed by atoms with E-state index in [0.29, 0.717) is 21.1 Å². The van der Waals surface area contributed by atoms with Crippen LogP contribution in [0.15, 0.2) is 12.1 Å². The van der Waals surface area contributed by atoms with E-state index >= 15 is 0 Å². The Labute approximate surface area is 131 Å². The average Bonchev–Trinajstić information content (AvgIpc) is 2.39. The van der Waals surface area contributed by atoms with Crippen molar-refractivity contribution in [1.82, 2.24) is 5.32 Å². The molecular formula is C13H16Cl3NOS. The molecule has 1 aromatic carbocycles. The Hall–Kier alpha value is 0.200. The van der Waals surface area contributed by atoms with Crippen molar-refractivity contribution in [3.8, 4) is 0 Å². The second kappa shape index (κ2) is 6.77. The Morgan fingerprint density at radius 2 is 1.84 bits per heavy atom. The van der Waals surface area contributed by atoms with E-state index in [9.17, 15) is 4.21 Å². The van der Waals surface area contributed by atoms with Gasteiger partial charge in [-0.3, -0.25) is 4.21 Å². The molecule has 1 heterocycles. The summed E-state index contributed by atoms with van der Waals surface area (Å²) in [6.07, 6.45) is 1.88. The molecule has 0 bridgehead atoms. The van der Waals surface area contributed by atoms with E-state index < -0.39 is 10.8 Å². The van der Waals surface area contributed by atoms with Crippen molar-refractivity contribution in [3.05, 3.63) is 32.8 Å². The van der Waals surface area contributed by atoms with Gasteiger partial charge in [-0.1, -0.05) is 40.9 Å². The normalized spacial score (nSPS) is 25.3. The molecule has 1 N–H and O–H groups in total. The van der Waals surface area contributed by atoms with Gasteiger partial charge in [0.15, 0.2) is 0 Å². The van der Waals surface area contributed by atoms with Crippen molar-refractivity contribution in [2.75, 3.05) is 11.5 Å². The monoisotopic (exact) mass is 339 g/mol. The maximum atomic E-state index is 11.3. The topological polar surface area (TPSA) is 29.1 Å². The van der Waals surface area contributed by atoms with Crippen LogP contribution in [-0.2, 0) is 10.8 Å². The highest BCUT2D eigenvalue weighted by Gasteiger charge is 2.21. The number of hydrogen-bond donors (Lipinski definition) is 1. The fraction of sp³-hybridized carbons (Fsp3) is 0.538. The molecule has 1 aromatic rings. The Bertz CT molecular complexity index is 485. The zero-order valence-corrected chi connectivity index (χ0v) is 13.7. The lowest BCUT2D eigenvalue weighted by Crippen LogP contribution is -2.37. The molecule has 6 heteroatoms. The maximum Gasteiger partial charge on any atom is 0.0781 e. The van der Waals surface area contributed by atoms with Gasteiger partial charge < -0.3 is 5.32 Å². The molecule has 19 heavy (non-hydrogen) atoms. The van der Waals surface area contributed by atoms with Crippen molar-refractivity contribution in [2.24, 2.45) is 0 Å². The van der Waals surface area contributed by atoms with Gasteiger partial charge in [0.1, 0.15) is 0 Å². The lowest BCUT2D eigenvalue weighted by atomic mass is 10.1. The Balaban J connectivity index is 2.06. The van der Waals surface area contributed by atoms with Gasteiger partial charge in [-0.2, -0.15) is 0 Å². The van der Waals surface area contributed by atoms with Gasteiger partial charge in [0.05, 0.1) is 15.1 Å². The Morgan fingerprint density at radius 3 is 2.47 bits per heavy atom. The largest absolute Gasteiger partial charge is 0.307 e. The quantitative estimate of drug-likeness (QED) is 0.835. The minimum absolute atomic E-state index is 0.0961. The van der Waals surface area contributed by atoms with Crippen LogP contribution in [0, 0.1) is 0 Å². The molecule has 106 valence electrons. The summed E-state index contributed by atoms with van der Waals surface area (Å²) in [5.74, 6) is 1.55. The Morgan fingerprint density at radius 1 is 1.21 bits per heavy atom. The van der Waals surface area contributed by atoms with Crippen LogP contribution in [0.2, 0.25) is 15.1 Å². The van der Waals surface area contributed by atoms with Crippen LogP contribution in [0.4, 0.5) is 0 Å². The first kappa shape index (κ1) is 15.6. The van der Waals surface area contributed by atoms with Crippen molar-refractivity contribution < 1.29 is 4.21 Å². The van der Waals surface area contributed by atoms with E-state index in [1.165, 1.54) is 0 Å². The molecular weight excluding hydrogens is 325 g/mol. The summed E-state index contributed by atoms with van der Waals surface area (Å²) in [5.41, 5.74) is 0.947. The first-order valence-corrected chi connectivity index (χ1v) is 8.85. The fourth-order valence-electron chi connectivity index (χ4n) is 2.28. The second-order valence-corrected chi connectivity index (χ2v) is 7.63. The maximum absolute atomic E-state index is 11.3. The van der Waals surface area contributed by atoms with Gasteiger partial charge in [-0.15, -0.1) is 0 Å². The second-order valence-electron chi connectivity index (χ2n) is 4.78. The standard InChI is InChI=1S/C13H16Cl3NOS/c1-8(17-9-4-6-19(18)7-5-9)10-2-3-11(14)13(16)12(10)15/h2-3,8-9,17H,4-7H2,1H3. The van der Waals surface area contributed by atoms with Crippen LogP contribution in [0.5, 0.6) is 0 Å². The van der Waals surface area contributed by atoms with Crippen LogP contribution < -0.4 is 5.32 Å². The lowest BCUT2D eigenvalue weighted by Gasteiger charge is -2.27. The van der Waals surface area contributed by atoms with Crippen molar-refractivity contribution in [2.45, 2.75) is 31.8 Å². The summed E-state index contributed by atoms with van der Waals surface area (Å²) in [4.78, 5) is 0. The molecule has 1 aliphatic heterocycles. The summed E-state index contributed by atoms with van der Waals surface area (Å²) >= 11 is 18.2. The van der Waals surface area contributed by atoms with Crippen molar-refractivity contribution in [3.63, 3.8) is 0 Å². The number of halogens is 3. The van der Waals surface area contributed by atoms with Crippen LogP contribution in [-0.4, -0.2) is 21.8 Å². The molecule has 2 nitrogen and oxygen atoms in total. The summed E-state index contributed by atoms with van der Waals surface area (Å²) in [6.45, 7) is 2.05. The molecule has 1 unspecified atom stereocenters. The van der Waals surface area contributed by atoms with Crippen LogP contribution in [0.3, 0.4) is 0 Å². The molecule has 0 spiro atoms. The van der Waals surface area contributed by atoms with Gasteiger partial charge in [0.2, 0.25) is 0 Å². The molecule has 2 rings (SSSR count). The molecule has 1 fully saturated rings. The molecule has 1 aliphatic rings. The van der Waals surface area contributed by atoms with Crippen LogP contribution >= 0.6 is 34.8 Å². The molecule has 0 saturated carbocycles. The SMILES string of the molecule is CC(NC1CCS(=O)CC1)c1ccc(Cl)c(Cl)c1Cl. The summed E-state index contributed by atoms with van der Waals surface area (Å²) in [5, 5.41) is 4.90. The molecule has 0 radical (unpaired) electrons. The molecule has 0 aliphatic carbocycles. The van der Waals surface area contributed by atoms with Gasteiger partial charge in [-0.25, -0.2) is 0 Å². The predicted octanol–water partition coefficient (Wildman–Crippen LogP) is 4.21. The average molecular weight is 341 g/mol.